The molecule has 1 aliphatic heterocycles. The van der Waals surface area contributed by atoms with Crippen LogP contribution in [0.2, 0.25) is 0 Å². The van der Waals surface area contributed by atoms with E-state index >= 15 is 0 Å². The van der Waals surface area contributed by atoms with Crippen LogP contribution in [0.15, 0.2) is 53.4 Å². The van der Waals surface area contributed by atoms with E-state index in [0.29, 0.717) is 15.8 Å². The van der Waals surface area contributed by atoms with E-state index in [4.69, 9.17) is 17.0 Å². The summed E-state index contributed by atoms with van der Waals surface area (Å²) in [6.07, 6.45) is 1.88. The third kappa shape index (κ3) is 4.79. The molecule has 0 aliphatic carbocycles. The van der Waals surface area contributed by atoms with Gasteiger partial charge in [0.05, 0.1) is 4.91 Å². The molecule has 1 saturated heterocycles. The maximum Gasteiger partial charge on any atom is 0.266 e. The number of aryl methyl sites for hydroxylation is 1. The predicted molar refractivity (Wildman–Crippen MR) is 117 cm³/mol. The lowest BCUT2D eigenvalue weighted by molar-refractivity contribution is -0.125. The second-order valence-corrected chi connectivity index (χ2v) is 9.21. The van der Waals surface area contributed by atoms with Gasteiger partial charge in [0, 0.05) is 5.54 Å². The summed E-state index contributed by atoms with van der Waals surface area (Å²) in [4.78, 5) is 15.0. The number of thiocarbonyl (C=S) groups is 1. The summed E-state index contributed by atoms with van der Waals surface area (Å²) in [5.74, 6) is 0.735. The van der Waals surface area contributed by atoms with Crippen molar-refractivity contribution in [2.24, 2.45) is 0 Å². The minimum absolute atomic E-state index is 0.0384. The van der Waals surface area contributed by atoms with Gasteiger partial charge in [0.1, 0.15) is 16.7 Å². The molecule has 0 aromatic heterocycles. The fraction of sp³-hybridized carbons (Fsp3) is 0.273. The van der Waals surface area contributed by atoms with Crippen LogP contribution >= 0.6 is 24.0 Å². The van der Waals surface area contributed by atoms with Gasteiger partial charge in [-0.3, -0.25) is 9.69 Å². The highest BCUT2D eigenvalue weighted by Crippen LogP contribution is 2.37. The Morgan fingerprint density at radius 2 is 1.85 bits per heavy atom. The minimum atomic E-state index is -0.324. The van der Waals surface area contributed by atoms with Crippen LogP contribution in [0.3, 0.4) is 0 Å². The molecule has 1 heterocycles. The summed E-state index contributed by atoms with van der Waals surface area (Å²) in [5, 5.41) is 0. The van der Waals surface area contributed by atoms with Crippen LogP contribution in [0, 0.1) is 6.92 Å². The number of hydrogen-bond donors (Lipinski definition) is 0. The molecule has 0 spiro atoms. The minimum Gasteiger partial charge on any atom is -0.489 e. The van der Waals surface area contributed by atoms with Crippen LogP contribution in [0.4, 0.5) is 0 Å². The van der Waals surface area contributed by atoms with Crippen molar-refractivity contribution in [2.75, 3.05) is 0 Å². The topological polar surface area (TPSA) is 29.5 Å². The maximum atomic E-state index is 12.7. The number of thioether (sulfide) groups is 1. The van der Waals surface area contributed by atoms with Crippen LogP contribution in [0.1, 0.15) is 37.5 Å². The standard InChI is InChI=1S/C22H23NO2S2/c1-15-8-10-16(11-9-15)14-25-18-7-5-6-17(12-18)13-19-20(24)23(21(26)27-19)22(2,3)4/h5-13H,14H2,1-4H3/b19-13-. The molecule has 0 atom stereocenters. The van der Waals surface area contributed by atoms with Gasteiger partial charge < -0.3 is 4.74 Å². The molecule has 2 aromatic carbocycles. The van der Waals surface area contributed by atoms with Crippen LogP contribution in [-0.2, 0) is 11.4 Å². The summed E-state index contributed by atoms with van der Waals surface area (Å²) >= 11 is 6.74. The Morgan fingerprint density at radius 1 is 1.15 bits per heavy atom. The third-order valence-corrected chi connectivity index (χ3v) is 5.45. The molecular weight excluding hydrogens is 374 g/mol. The normalized spacial score (nSPS) is 16.3. The Labute approximate surface area is 170 Å². The monoisotopic (exact) mass is 397 g/mol. The van der Waals surface area contributed by atoms with E-state index in [1.807, 2.05) is 51.1 Å². The number of rotatable bonds is 4. The zero-order valence-corrected chi connectivity index (χ0v) is 17.6. The highest BCUT2D eigenvalue weighted by atomic mass is 32.2. The Morgan fingerprint density at radius 3 is 2.48 bits per heavy atom. The predicted octanol–water partition coefficient (Wildman–Crippen LogP) is 5.57. The van der Waals surface area contributed by atoms with E-state index in [-0.39, 0.29) is 11.4 Å². The molecule has 3 rings (SSSR count). The van der Waals surface area contributed by atoms with Crippen molar-refractivity contribution in [3.8, 4) is 5.75 Å². The number of hydrogen-bond acceptors (Lipinski definition) is 4. The molecule has 140 valence electrons. The third-order valence-electron chi connectivity index (χ3n) is 4.15. The van der Waals surface area contributed by atoms with Crippen LogP contribution in [0.5, 0.6) is 5.75 Å². The molecule has 27 heavy (non-hydrogen) atoms. The highest BCUT2D eigenvalue weighted by molar-refractivity contribution is 8.26. The van der Waals surface area contributed by atoms with Gasteiger partial charge in [-0.25, -0.2) is 0 Å². The van der Waals surface area contributed by atoms with Gasteiger partial charge >= 0.3 is 0 Å². The molecule has 0 saturated carbocycles. The Kier molecular flexibility index (Phi) is 5.72. The Bertz CT molecular complexity index is 895. The van der Waals surface area contributed by atoms with E-state index < -0.39 is 0 Å². The van der Waals surface area contributed by atoms with Gasteiger partial charge in [0.25, 0.3) is 5.91 Å². The number of carbonyl (C=O) groups is 1. The average Bonchev–Trinajstić information content (AvgIpc) is 2.88. The first-order valence-electron chi connectivity index (χ1n) is 8.80. The second kappa shape index (κ2) is 7.87. The Balaban J connectivity index is 1.74. The average molecular weight is 398 g/mol. The summed E-state index contributed by atoms with van der Waals surface area (Å²) in [6.45, 7) is 8.53. The van der Waals surface area contributed by atoms with E-state index in [9.17, 15) is 4.79 Å². The quantitative estimate of drug-likeness (QED) is 0.498. The molecule has 3 nitrogen and oxygen atoms in total. The van der Waals surface area contributed by atoms with Gasteiger partial charge in [-0.05, 0) is 57.0 Å². The van der Waals surface area contributed by atoms with Crippen molar-refractivity contribution in [2.45, 2.75) is 39.8 Å². The summed E-state index contributed by atoms with van der Waals surface area (Å²) in [7, 11) is 0. The molecule has 0 bridgehead atoms. The lowest BCUT2D eigenvalue weighted by Gasteiger charge is -2.30. The van der Waals surface area contributed by atoms with Gasteiger partial charge in [0.2, 0.25) is 0 Å². The maximum absolute atomic E-state index is 12.7. The van der Waals surface area contributed by atoms with Crippen LogP contribution in [0.25, 0.3) is 6.08 Å². The van der Waals surface area contributed by atoms with Crippen molar-refractivity contribution in [3.05, 3.63) is 70.1 Å². The number of ether oxygens (including phenoxy) is 1. The SMILES string of the molecule is Cc1ccc(COc2cccc(/C=C3\SC(=S)N(C(C)(C)C)C3=O)c2)cc1. The van der Waals surface area contributed by atoms with Gasteiger partial charge in [-0.2, -0.15) is 0 Å². The molecule has 2 aromatic rings. The molecule has 1 fully saturated rings. The van der Waals surface area contributed by atoms with Crippen molar-refractivity contribution in [1.82, 2.24) is 4.90 Å². The lowest BCUT2D eigenvalue weighted by Crippen LogP contribution is -2.44. The highest BCUT2D eigenvalue weighted by Gasteiger charge is 2.38. The number of amides is 1. The zero-order valence-electron chi connectivity index (χ0n) is 16.0. The van der Waals surface area contributed by atoms with Crippen LogP contribution in [-0.4, -0.2) is 20.7 Å². The van der Waals surface area contributed by atoms with E-state index in [0.717, 1.165) is 16.9 Å². The van der Waals surface area contributed by atoms with E-state index in [1.165, 1.54) is 17.3 Å². The summed E-state index contributed by atoms with van der Waals surface area (Å²) in [5.41, 5.74) is 2.95. The Hall–Kier alpha value is -2.11. The van der Waals surface area contributed by atoms with E-state index in [1.54, 1.807) is 4.90 Å². The molecule has 0 unspecified atom stereocenters. The molecule has 5 heteroatoms. The van der Waals surface area contributed by atoms with Crippen LogP contribution < -0.4 is 4.74 Å². The molecular formula is C22H23NO2S2. The largest absolute Gasteiger partial charge is 0.489 e. The fourth-order valence-corrected chi connectivity index (χ4v) is 4.38. The first-order valence-corrected chi connectivity index (χ1v) is 10.0. The van der Waals surface area contributed by atoms with Gasteiger partial charge in [-0.15, -0.1) is 0 Å². The molecule has 0 N–H and O–H groups in total. The number of nitrogens with zero attached hydrogens (tertiary/aromatic N) is 1. The van der Waals surface area contributed by atoms with Gasteiger partial charge in [0.15, 0.2) is 0 Å². The van der Waals surface area contributed by atoms with Crippen molar-refractivity contribution in [3.63, 3.8) is 0 Å². The number of carbonyl (C=O) groups excluding carboxylic acids is 1. The molecule has 0 radical (unpaired) electrons. The first-order chi connectivity index (χ1) is 12.7. The summed E-state index contributed by atoms with van der Waals surface area (Å²) < 4.78 is 6.51. The van der Waals surface area contributed by atoms with E-state index in [2.05, 4.69) is 31.2 Å². The molecule has 1 amide bonds. The van der Waals surface area contributed by atoms with Crippen molar-refractivity contribution in [1.29, 1.82) is 0 Å². The van der Waals surface area contributed by atoms with Crippen molar-refractivity contribution < 1.29 is 9.53 Å². The number of benzene rings is 2. The smallest absolute Gasteiger partial charge is 0.266 e. The fourth-order valence-electron chi connectivity index (χ4n) is 2.74. The van der Waals surface area contributed by atoms with Gasteiger partial charge in [-0.1, -0.05) is 65.9 Å². The first kappa shape index (κ1) is 19.6. The van der Waals surface area contributed by atoms with Crippen molar-refractivity contribution >= 4 is 40.3 Å². The zero-order chi connectivity index (χ0) is 19.6. The second-order valence-electron chi connectivity index (χ2n) is 7.53. The summed E-state index contributed by atoms with van der Waals surface area (Å²) in [6, 6.07) is 16.0. The molecule has 1 aliphatic rings. The lowest BCUT2D eigenvalue weighted by atomic mass is 10.1.